The minimum Gasteiger partial charge on any atom is -0.329 e. The highest BCUT2D eigenvalue weighted by Crippen LogP contribution is 2.28. The lowest BCUT2D eigenvalue weighted by Crippen LogP contribution is -2.11. The first-order valence-corrected chi connectivity index (χ1v) is 6.85. The van der Waals surface area contributed by atoms with Crippen LogP contribution in [0, 0.1) is 5.92 Å². The van der Waals surface area contributed by atoms with E-state index in [0.29, 0.717) is 12.2 Å². The van der Waals surface area contributed by atoms with E-state index in [-0.39, 0.29) is 5.78 Å². The molecule has 1 saturated carbocycles. The van der Waals surface area contributed by atoms with Crippen molar-refractivity contribution in [1.82, 2.24) is 9.55 Å². The molecule has 17 heavy (non-hydrogen) atoms. The number of ketones is 1. The van der Waals surface area contributed by atoms with Crippen LogP contribution < -0.4 is 0 Å². The lowest BCUT2D eigenvalue weighted by atomic mass is 10.00. The van der Waals surface area contributed by atoms with Gasteiger partial charge in [-0.1, -0.05) is 32.6 Å². The van der Waals surface area contributed by atoms with Crippen molar-refractivity contribution in [2.24, 2.45) is 5.92 Å². The molecule has 3 heteroatoms. The van der Waals surface area contributed by atoms with Crippen LogP contribution >= 0.6 is 0 Å². The Labute approximate surface area is 103 Å². The highest BCUT2D eigenvalue weighted by molar-refractivity contribution is 5.92. The first kappa shape index (κ1) is 12.3. The normalized spacial score (nSPS) is 16.5. The Bertz CT molecular complexity index is 364. The summed E-state index contributed by atoms with van der Waals surface area (Å²) in [5, 5.41) is 0. The molecule has 0 aromatic carbocycles. The Kier molecular flexibility index (Phi) is 4.35. The Morgan fingerprint density at radius 1 is 1.47 bits per heavy atom. The third-order valence-corrected chi connectivity index (χ3v) is 3.68. The van der Waals surface area contributed by atoms with Crippen molar-refractivity contribution < 1.29 is 4.79 Å². The van der Waals surface area contributed by atoms with Crippen molar-refractivity contribution in [1.29, 1.82) is 0 Å². The van der Waals surface area contributed by atoms with Crippen LogP contribution in [0.5, 0.6) is 0 Å². The van der Waals surface area contributed by atoms with Gasteiger partial charge in [-0.3, -0.25) is 4.79 Å². The molecule has 2 rings (SSSR count). The van der Waals surface area contributed by atoms with Gasteiger partial charge < -0.3 is 4.57 Å². The lowest BCUT2D eigenvalue weighted by Gasteiger charge is -2.08. The fourth-order valence-corrected chi connectivity index (χ4v) is 2.73. The number of aryl methyl sites for hydroxylation is 1. The van der Waals surface area contributed by atoms with Gasteiger partial charge in [-0.15, -0.1) is 0 Å². The molecule has 1 aromatic rings. The summed E-state index contributed by atoms with van der Waals surface area (Å²) in [5.41, 5.74) is 0. The van der Waals surface area contributed by atoms with Crippen molar-refractivity contribution in [3.05, 3.63) is 18.2 Å². The van der Waals surface area contributed by atoms with Crippen molar-refractivity contribution in [3.63, 3.8) is 0 Å². The maximum absolute atomic E-state index is 12.1. The van der Waals surface area contributed by atoms with Crippen LogP contribution in [0.4, 0.5) is 0 Å². The van der Waals surface area contributed by atoms with Gasteiger partial charge in [-0.25, -0.2) is 4.98 Å². The van der Waals surface area contributed by atoms with E-state index in [1.807, 2.05) is 10.8 Å². The van der Waals surface area contributed by atoms with Crippen LogP contribution in [-0.4, -0.2) is 15.3 Å². The molecule has 0 spiro atoms. The smallest absolute Gasteiger partial charge is 0.198 e. The summed E-state index contributed by atoms with van der Waals surface area (Å²) in [6, 6.07) is 0. The zero-order chi connectivity index (χ0) is 12.1. The number of Topliss-reactive ketones (excluding diaryl/α,β-unsaturated/α-hetero) is 1. The summed E-state index contributed by atoms with van der Waals surface area (Å²) in [7, 11) is 0. The monoisotopic (exact) mass is 234 g/mol. The third kappa shape index (κ3) is 3.18. The third-order valence-electron chi connectivity index (χ3n) is 3.68. The molecule has 0 bridgehead atoms. The van der Waals surface area contributed by atoms with Crippen LogP contribution in [0.15, 0.2) is 12.4 Å². The van der Waals surface area contributed by atoms with Crippen molar-refractivity contribution >= 4 is 5.78 Å². The van der Waals surface area contributed by atoms with Gasteiger partial charge in [0.25, 0.3) is 0 Å². The summed E-state index contributed by atoms with van der Waals surface area (Å²) in [4.78, 5) is 16.3. The minimum absolute atomic E-state index is 0.218. The highest BCUT2D eigenvalue weighted by atomic mass is 16.1. The second kappa shape index (κ2) is 5.99. The zero-order valence-electron chi connectivity index (χ0n) is 10.7. The maximum atomic E-state index is 12.1. The predicted molar refractivity (Wildman–Crippen MR) is 68.0 cm³/mol. The Hall–Kier alpha value is -1.12. The molecule has 0 unspecified atom stereocenters. The minimum atomic E-state index is 0.218. The second-order valence-corrected chi connectivity index (χ2v) is 5.06. The fraction of sp³-hybridized carbons (Fsp3) is 0.714. The Balaban J connectivity index is 1.87. The molecule has 1 heterocycles. The van der Waals surface area contributed by atoms with Crippen LogP contribution in [-0.2, 0) is 6.54 Å². The van der Waals surface area contributed by atoms with E-state index in [4.69, 9.17) is 0 Å². The van der Waals surface area contributed by atoms with E-state index in [1.165, 1.54) is 25.7 Å². The van der Waals surface area contributed by atoms with Gasteiger partial charge in [0.05, 0.1) is 0 Å². The molecule has 94 valence electrons. The van der Waals surface area contributed by atoms with Gasteiger partial charge in [0.2, 0.25) is 0 Å². The predicted octanol–water partition coefficient (Wildman–Crippen LogP) is 3.45. The molecule has 0 N–H and O–H groups in total. The van der Waals surface area contributed by atoms with Crippen molar-refractivity contribution in [2.75, 3.05) is 0 Å². The van der Waals surface area contributed by atoms with E-state index in [0.717, 1.165) is 25.3 Å². The van der Waals surface area contributed by atoms with Crippen molar-refractivity contribution in [2.45, 2.75) is 58.4 Å². The second-order valence-electron chi connectivity index (χ2n) is 5.06. The summed E-state index contributed by atoms with van der Waals surface area (Å²) < 4.78 is 1.98. The van der Waals surface area contributed by atoms with Gasteiger partial charge >= 0.3 is 0 Å². The van der Waals surface area contributed by atoms with Crippen LogP contribution in [0.2, 0.25) is 0 Å². The molecular formula is C14H22N2O. The van der Waals surface area contributed by atoms with Gasteiger partial charge in [-0.05, 0) is 18.8 Å². The average Bonchev–Trinajstić information content (AvgIpc) is 2.97. The number of carbonyl (C=O) groups is 1. The van der Waals surface area contributed by atoms with Crippen LogP contribution in [0.3, 0.4) is 0 Å². The topological polar surface area (TPSA) is 34.9 Å². The highest BCUT2D eigenvalue weighted by Gasteiger charge is 2.18. The van der Waals surface area contributed by atoms with Gasteiger partial charge in [0.15, 0.2) is 11.6 Å². The maximum Gasteiger partial charge on any atom is 0.198 e. The number of rotatable bonds is 6. The summed E-state index contributed by atoms with van der Waals surface area (Å²) in [6.45, 7) is 3.01. The zero-order valence-corrected chi connectivity index (χ0v) is 10.7. The summed E-state index contributed by atoms with van der Waals surface area (Å²) >= 11 is 0. The van der Waals surface area contributed by atoms with Crippen LogP contribution in [0.1, 0.15) is 62.5 Å². The standard InChI is InChI=1S/C14H22N2O/c1-2-10-16-11-9-15-14(16)13(17)8-7-12-5-3-4-6-12/h9,11-12H,2-8,10H2,1H3. The lowest BCUT2D eigenvalue weighted by molar-refractivity contribution is 0.0959. The molecule has 1 aliphatic rings. The van der Waals surface area contributed by atoms with E-state index < -0.39 is 0 Å². The van der Waals surface area contributed by atoms with E-state index >= 15 is 0 Å². The van der Waals surface area contributed by atoms with E-state index in [2.05, 4.69) is 11.9 Å². The molecule has 0 amide bonds. The molecule has 0 aliphatic heterocycles. The molecule has 3 nitrogen and oxygen atoms in total. The largest absolute Gasteiger partial charge is 0.329 e. The van der Waals surface area contributed by atoms with Gasteiger partial charge in [0.1, 0.15) is 0 Å². The number of hydrogen-bond donors (Lipinski definition) is 0. The van der Waals surface area contributed by atoms with E-state index in [1.54, 1.807) is 6.20 Å². The fourth-order valence-electron chi connectivity index (χ4n) is 2.73. The molecule has 1 aliphatic carbocycles. The quantitative estimate of drug-likeness (QED) is 0.707. The van der Waals surface area contributed by atoms with Crippen LogP contribution in [0.25, 0.3) is 0 Å². The van der Waals surface area contributed by atoms with Crippen molar-refractivity contribution in [3.8, 4) is 0 Å². The SMILES string of the molecule is CCCn1ccnc1C(=O)CCC1CCCC1. The number of hydrogen-bond acceptors (Lipinski definition) is 2. The molecule has 0 saturated heterocycles. The molecule has 1 fully saturated rings. The Morgan fingerprint density at radius 2 is 2.24 bits per heavy atom. The average molecular weight is 234 g/mol. The summed E-state index contributed by atoms with van der Waals surface area (Å²) in [5.74, 6) is 1.66. The number of carbonyl (C=O) groups excluding carboxylic acids is 1. The number of imidazole rings is 1. The molecule has 0 radical (unpaired) electrons. The summed E-state index contributed by atoms with van der Waals surface area (Å²) in [6.07, 6.45) is 11.7. The number of nitrogens with zero attached hydrogens (tertiary/aromatic N) is 2. The number of aromatic nitrogens is 2. The first-order valence-electron chi connectivity index (χ1n) is 6.85. The first-order chi connectivity index (χ1) is 8.31. The van der Waals surface area contributed by atoms with Gasteiger partial charge in [-0.2, -0.15) is 0 Å². The molecular weight excluding hydrogens is 212 g/mol. The van der Waals surface area contributed by atoms with Gasteiger partial charge in [0, 0.05) is 25.4 Å². The van der Waals surface area contributed by atoms with E-state index in [9.17, 15) is 4.79 Å². The Morgan fingerprint density at radius 3 is 2.94 bits per heavy atom. The molecule has 0 atom stereocenters. The molecule has 1 aromatic heterocycles.